The van der Waals surface area contributed by atoms with Gasteiger partial charge >= 0.3 is 5.97 Å². The molecule has 1 aromatic carbocycles. The maximum atomic E-state index is 12.2. The fourth-order valence-electron chi connectivity index (χ4n) is 2.36. The molecule has 9 heteroatoms. The molecule has 0 saturated carbocycles. The molecule has 144 valence electrons. The van der Waals surface area contributed by atoms with Gasteiger partial charge in [0.2, 0.25) is 0 Å². The predicted molar refractivity (Wildman–Crippen MR) is 110 cm³/mol. The van der Waals surface area contributed by atoms with Crippen LogP contribution in [0.4, 0.5) is 23.0 Å². The van der Waals surface area contributed by atoms with Gasteiger partial charge in [-0.3, -0.25) is 0 Å². The zero-order chi connectivity index (χ0) is 19.9. The molecule has 2 N–H and O–H groups in total. The Kier molecular flexibility index (Phi) is 6.38. The Morgan fingerprint density at radius 1 is 1.11 bits per heavy atom. The minimum atomic E-state index is -0.463. The van der Waals surface area contributed by atoms with Gasteiger partial charge in [0.1, 0.15) is 23.5 Å². The maximum absolute atomic E-state index is 12.2. The first-order valence-electron chi connectivity index (χ1n) is 8.60. The van der Waals surface area contributed by atoms with Crippen molar-refractivity contribution in [1.82, 2.24) is 19.9 Å². The fourth-order valence-corrected chi connectivity index (χ4v) is 2.70. The lowest BCUT2D eigenvalue weighted by Gasteiger charge is -2.12. The van der Waals surface area contributed by atoms with Gasteiger partial charge in [-0.1, -0.05) is 11.8 Å². The van der Waals surface area contributed by atoms with Crippen molar-refractivity contribution in [2.45, 2.75) is 19.0 Å². The van der Waals surface area contributed by atoms with Crippen molar-refractivity contribution in [2.75, 3.05) is 23.5 Å². The molecule has 3 rings (SSSR count). The van der Waals surface area contributed by atoms with Crippen molar-refractivity contribution < 1.29 is 9.53 Å². The van der Waals surface area contributed by atoms with E-state index in [9.17, 15) is 4.79 Å². The van der Waals surface area contributed by atoms with E-state index in [1.165, 1.54) is 24.3 Å². The van der Waals surface area contributed by atoms with Gasteiger partial charge in [-0.25, -0.2) is 24.7 Å². The van der Waals surface area contributed by atoms with Crippen molar-refractivity contribution in [3.05, 3.63) is 54.1 Å². The number of nitrogens with one attached hydrogen (secondary N) is 2. The van der Waals surface area contributed by atoms with E-state index in [1.54, 1.807) is 6.92 Å². The van der Waals surface area contributed by atoms with Crippen LogP contribution in [-0.4, -0.2) is 38.8 Å². The highest BCUT2D eigenvalue weighted by Gasteiger charge is 2.16. The summed E-state index contributed by atoms with van der Waals surface area (Å²) in [6, 6.07) is 9.43. The van der Waals surface area contributed by atoms with Crippen LogP contribution in [0.3, 0.4) is 0 Å². The second kappa shape index (κ2) is 9.14. The Morgan fingerprint density at radius 2 is 1.82 bits per heavy atom. The summed E-state index contributed by atoms with van der Waals surface area (Å²) in [5.74, 6) is 0.665. The zero-order valence-electron chi connectivity index (χ0n) is 15.8. The van der Waals surface area contributed by atoms with Crippen molar-refractivity contribution in [2.24, 2.45) is 0 Å². The number of thioether (sulfide) groups is 1. The van der Waals surface area contributed by atoms with E-state index in [2.05, 4.69) is 30.6 Å². The first kappa shape index (κ1) is 19.6. The van der Waals surface area contributed by atoms with E-state index in [4.69, 9.17) is 4.74 Å². The number of aryl methyl sites for hydroxylation is 1. The van der Waals surface area contributed by atoms with Gasteiger partial charge in [0.05, 0.1) is 6.61 Å². The third kappa shape index (κ3) is 4.95. The van der Waals surface area contributed by atoms with Gasteiger partial charge in [-0.2, -0.15) is 0 Å². The SMILES string of the molecule is CCOC(=O)c1cnc(SC)nc1Nc1ccc(Nc2cc(C)ncn2)cc1. The molecule has 0 aliphatic carbocycles. The Bertz CT molecular complexity index is 965. The van der Waals surface area contributed by atoms with Crippen LogP contribution in [0.1, 0.15) is 23.0 Å². The van der Waals surface area contributed by atoms with Crippen LogP contribution in [0.15, 0.2) is 48.0 Å². The quantitative estimate of drug-likeness (QED) is 0.349. The highest BCUT2D eigenvalue weighted by Crippen LogP contribution is 2.24. The van der Waals surface area contributed by atoms with Crippen molar-refractivity contribution >= 4 is 40.7 Å². The van der Waals surface area contributed by atoms with E-state index < -0.39 is 5.97 Å². The first-order valence-corrected chi connectivity index (χ1v) is 9.82. The molecule has 0 fully saturated rings. The molecular formula is C19H20N6O2S. The highest BCUT2D eigenvalue weighted by atomic mass is 32.2. The number of hydrogen-bond acceptors (Lipinski definition) is 9. The summed E-state index contributed by atoms with van der Waals surface area (Å²) in [5, 5.41) is 6.95. The van der Waals surface area contributed by atoms with Crippen LogP contribution in [-0.2, 0) is 4.74 Å². The Balaban J connectivity index is 1.78. The molecule has 2 aromatic heterocycles. The lowest BCUT2D eigenvalue weighted by molar-refractivity contribution is 0.0526. The third-order valence-corrected chi connectivity index (χ3v) is 4.23. The normalized spacial score (nSPS) is 10.4. The van der Waals surface area contributed by atoms with E-state index in [0.29, 0.717) is 16.5 Å². The number of ether oxygens (including phenoxy) is 1. The summed E-state index contributed by atoms with van der Waals surface area (Å²) >= 11 is 1.40. The number of hydrogen-bond donors (Lipinski definition) is 2. The van der Waals surface area contributed by atoms with Gasteiger partial charge in [0.25, 0.3) is 0 Å². The molecule has 28 heavy (non-hydrogen) atoms. The highest BCUT2D eigenvalue weighted by molar-refractivity contribution is 7.98. The second-order valence-corrected chi connectivity index (χ2v) is 6.48. The molecule has 0 spiro atoms. The monoisotopic (exact) mass is 396 g/mol. The molecule has 8 nitrogen and oxygen atoms in total. The number of carbonyl (C=O) groups is 1. The van der Waals surface area contributed by atoms with Crippen LogP contribution >= 0.6 is 11.8 Å². The van der Waals surface area contributed by atoms with Gasteiger partial charge in [-0.05, 0) is 44.4 Å². The molecule has 0 amide bonds. The smallest absolute Gasteiger partial charge is 0.343 e. The molecule has 2 heterocycles. The van der Waals surface area contributed by atoms with E-state index in [-0.39, 0.29) is 6.61 Å². The minimum absolute atomic E-state index is 0.283. The maximum Gasteiger partial charge on any atom is 0.343 e. The lowest BCUT2D eigenvalue weighted by atomic mass is 10.2. The molecule has 0 atom stereocenters. The molecule has 0 aliphatic heterocycles. The van der Waals surface area contributed by atoms with Gasteiger partial charge in [0, 0.05) is 29.3 Å². The average molecular weight is 396 g/mol. The zero-order valence-corrected chi connectivity index (χ0v) is 16.6. The summed E-state index contributed by atoms with van der Waals surface area (Å²) in [5.41, 5.74) is 2.83. The van der Waals surface area contributed by atoms with Crippen LogP contribution in [0.5, 0.6) is 0 Å². The lowest BCUT2D eigenvalue weighted by Crippen LogP contribution is -2.10. The minimum Gasteiger partial charge on any atom is -0.462 e. The van der Waals surface area contributed by atoms with E-state index >= 15 is 0 Å². The summed E-state index contributed by atoms with van der Waals surface area (Å²) in [6.07, 6.45) is 4.87. The van der Waals surface area contributed by atoms with E-state index in [0.717, 1.165) is 22.9 Å². The molecule has 3 aromatic rings. The molecular weight excluding hydrogens is 376 g/mol. The fraction of sp³-hybridized carbons (Fsp3) is 0.211. The number of anilines is 4. The number of nitrogens with zero attached hydrogens (tertiary/aromatic N) is 4. The Morgan fingerprint density at radius 3 is 2.46 bits per heavy atom. The van der Waals surface area contributed by atoms with Crippen molar-refractivity contribution in [3.63, 3.8) is 0 Å². The molecule has 0 radical (unpaired) electrons. The van der Waals surface area contributed by atoms with Gasteiger partial charge in [-0.15, -0.1) is 0 Å². The number of benzene rings is 1. The predicted octanol–water partition coefficient (Wildman–Crippen LogP) is 3.96. The number of aromatic nitrogens is 4. The Hall–Kier alpha value is -3.20. The third-order valence-electron chi connectivity index (χ3n) is 3.67. The van der Waals surface area contributed by atoms with E-state index in [1.807, 2.05) is 43.5 Å². The van der Waals surface area contributed by atoms with Gasteiger partial charge in [0.15, 0.2) is 5.16 Å². The standard InChI is InChI=1S/C19H20N6O2S/c1-4-27-18(26)15-10-20-19(28-3)25-17(15)24-14-7-5-13(6-8-14)23-16-9-12(2)21-11-22-16/h5-11H,4H2,1-3H3,(H,20,24,25)(H,21,22,23). The van der Waals surface area contributed by atoms with Crippen LogP contribution < -0.4 is 10.6 Å². The van der Waals surface area contributed by atoms with Crippen LogP contribution in [0.25, 0.3) is 0 Å². The molecule has 0 aliphatic rings. The summed E-state index contributed by atoms with van der Waals surface area (Å²) in [6.45, 7) is 3.95. The van der Waals surface area contributed by atoms with Gasteiger partial charge < -0.3 is 15.4 Å². The van der Waals surface area contributed by atoms with Crippen molar-refractivity contribution in [1.29, 1.82) is 0 Å². The average Bonchev–Trinajstić information content (AvgIpc) is 2.69. The molecule has 0 bridgehead atoms. The Labute approximate surface area is 167 Å². The summed E-state index contributed by atoms with van der Waals surface area (Å²) < 4.78 is 5.09. The first-order chi connectivity index (χ1) is 13.6. The van der Waals surface area contributed by atoms with Crippen molar-refractivity contribution in [3.8, 4) is 0 Å². The number of carbonyl (C=O) groups excluding carboxylic acids is 1. The van der Waals surface area contributed by atoms with Crippen LogP contribution in [0.2, 0.25) is 0 Å². The second-order valence-electron chi connectivity index (χ2n) is 5.71. The summed E-state index contributed by atoms with van der Waals surface area (Å²) in [7, 11) is 0. The summed E-state index contributed by atoms with van der Waals surface area (Å²) in [4.78, 5) is 29.0. The van der Waals surface area contributed by atoms with Crippen LogP contribution in [0, 0.1) is 6.92 Å². The molecule has 0 unspecified atom stereocenters. The largest absolute Gasteiger partial charge is 0.462 e. The topological polar surface area (TPSA) is 102 Å². The number of esters is 1. The molecule has 0 saturated heterocycles. The number of rotatable bonds is 7.